The molecule has 3 aromatic rings. The zero-order valence-corrected chi connectivity index (χ0v) is 11.1. The largest absolute Gasteiger partial charge is 0.305 e. The standard InChI is InChI=1S/C15H10ClN3O/c16-13-8-9-14(19-18-13)17-15(20)12-7-3-5-10-4-1-2-6-11(10)12/h1-9H,(H,17,19,20). The molecule has 0 atom stereocenters. The fraction of sp³-hybridized carbons (Fsp3) is 0. The van der Waals surface area contributed by atoms with Gasteiger partial charge in [-0.25, -0.2) is 0 Å². The number of hydrogen-bond donors (Lipinski definition) is 1. The number of anilines is 1. The molecule has 0 fully saturated rings. The number of amides is 1. The van der Waals surface area contributed by atoms with Crippen LogP contribution in [0.3, 0.4) is 0 Å². The van der Waals surface area contributed by atoms with Gasteiger partial charge in [-0.2, -0.15) is 0 Å². The summed E-state index contributed by atoms with van der Waals surface area (Å²) in [6.45, 7) is 0. The third kappa shape index (κ3) is 2.46. The molecular formula is C15H10ClN3O. The second-order valence-electron chi connectivity index (χ2n) is 4.22. The maximum atomic E-state index is 12.3. The highest BCUT2D eigenvalue weighted by Crippen LogP contribution is 2.19. The summed E-state index contributed by atoms with van der Waals surface area (Å²) in [5.74, 6) is 0.144. The van der Waals surface area contributed by atoms with Crippen molar-refractivity contribution in [2.75, 3.05) is 5.32 Å². The van der Waals surface area contributed by atoms with Crippen LogP contribution in [-0.4, -0.2) is 16.1 Å². The van der Waals surface area contributed by atoms with E-state index >= 15 is 0 Å². The Labute approximate surface area is 120 Å². The van der Waals surface area contributed by atoms with Crippen LogP contribution in [0.2, 0.25) is 5.15 Å². The summed E-state index contributed by atoms with van der Waals surface area (Å²) in [6.07, 6.45) is 0. The number of hydrogen-bond acceptors (Lipinski definition) is 3. The van der Waals surface area contributed by atoms with Gasteiger partial charge in [0.2, 0.25) is 0 Å². The SMILES string of the molecule is O=C(Nc1ccc(Cl)nn1)c1cccc2ccccc12. The minimum Gasteiger partial charge on any atom is -0.305 e. The molecule has 0 unspecified atom stereocenters. The molecule has 4 nitrogen and oxygen atoms in total. The summed E-state index contributed by atoms with van der Waals surface area (Å²) in [6, 6.07) is 16.5. The van der Waals surface area contributed by atoms with Crippen LogP contribution in [0.25, 0.3) is 10.8 Å². The topological polar surface area (TPSA) is 54.9 Å². The highest BCUT2D eigenvalue weighted by atomic mass is 35.5. The molecule has 2 aromatic carbocycles. The Kier molecular flexibility index (Phi) is 3.31. The normalized spacial score (nSPS) is 10.4. The number of carbonyl (C=O) groups is 1. The van der Waals surface area contributed by atoms with Gasteiger partial charge in [0.05, 0.1) is 0 Å². The monoisotopic (exact) mass is 283 g/mol. The van der Waals surface area contributed by atoms with Crippen LogP contribution in [0.1, 0.15) is 10.4 Å². The predicted molar refractivity (Wildman–Crippen MR) is 78.9 cm³/mol. The number of rotatable bonds is 2. The molecule has 3 rings (SSSR count). The number of fused-ring (bicyclic) bond motifs is 1. The third-order valence-electron chi connectivity index (χ3n) is 2.91. The first-order chi connectivity index (χ1) is 9.74. The molecule has 1 amide bonds. The van der Waals surface area contributed by atoms with E-state index in [4.69, 9.17) is 11.6 Å². The van der Waals surface area contributed by atoms with Crippen LogP contribution < -0.4 is 5.32 Å². The van der Waals surface area contributed by atoms with Crippen molar-refractivity contribution in [1.82, 2.24) is 10.2 Å². The molecule has 0 spiro atoms. The fourth-order valence-electron chi connectivity index (χ4n) is 1.99. The average molecular weight is 284 g/mol. The summed E-state index contributed by atoms with van der Waals surface area (Å²) >= 11 is 5.66. The molecule has 0 saturated carbocycles. The molecule has 1 aromatic heterocycles. The molecule has 0 radical (unpaired) electrons. The number of aromatic nitrogens is 2. The lowest BCUT2D eigenvalue weighted by atomic mass is 10.0. The Balaban J connectivity index is 1.94. The van der Waals surface area contributed by atoms with Crippen LogP contribution in [0, 0.1) is 0 Å². The molecule has 20 heavy (non-hydrogen) atoms. The summed E-state index contributed by atoms with van der Waals surface area (Å²) in [5, 5.41) is 12.4. The van der Waals surface area contributed by atoms with E-state index in [1.165, 1.54) is 0 Å². The van der Waals surface area contributed by atoms with Crippen molar-refractivity contribution in [3.63, 3.8) is 0 Å². The number of benzene rings is 2. The van der Waals surface area contributed by atoms with E-state index < -0.39 is 0 Å². The van der Waals surface area contributed by atoms with Crippen molar-refractivity contribution in [2.45, 2.75) is 0 Å². The van der Waals surface area contributed by atoms with Gasteiger partial charge in [-0.05, 0) is 29.0 Å². The second kappa shape index (κ2) is 5.27. The van der Waals surface area contributed by atoms with Crippen molar-refractivity contribution in [3.05, 3.63) is 65.3 Å². The molecular weight excluding hydrogens is 274 g/mol. The van der Waals surface area contributed by atoms with Gasteiger partial charge in [0.25, 0.3) is 5.91 Å². The summed E-state index contributed by atoms with van der Waals surface area (Å²) in [4.78, 5) is 12.3. The zero-order chi connectivity index (χ0) is 13.9. The summed E-state index contributed by atoms with van der Waals surface area (Å²) in [7, 11) is 0. The number of nitrogens with one attached hydrogen (secondary N) is 1. The minimum atomic E-state index is -0.224. The smallest absolute Gasteiger partial charge is 0.257 e. The molecule has 1 N–H and O–H groups in total. The number of carbonyl (C=O) groups excluding carboxylic acids is 1. The van der Waals surface area contributed by atoms with E-state index in [-0.39, 0.29) is 11.1 Å². The Morgan fingerprint density at radius 1 is 0.950 bits per heavy atom. The Bertz CT molecular complexity index is 766. The van der Waals surface area contributed by atoms with E-state index in [0.29, 0.717) is 11.4 Å². The highest BCUT2D eigenvalue weighted by Gasteiger charge is 2.10. The average Bonchev–Trinajstić information content (AvgIpc) is 2.49. The van der Waals surface area contributed by atoms with Crippen molar-refractivity contribution >= 4 is 34.1 Å². The summed E-state index contributed by atoms with van der Waals surface area (Å²) < 4.78 is 0. The van der Waals surface area contributed by atoms with Gasteiger partial charge in [0, 0.05) is 5.56 Å². The first kappa shape index (κ1) is 12.6. The molecule has 0 aliphatic rings. The van der Waals surface area contributed by atoms with Gasteiger partial charge >= 0.3 is 0 Å². The molecule has 0 aliphatic heterocycles. The highest BCUT2D eigenvalue weighted by molar-refractivity contribution is 6.29. The van der Waals surface area contributed by atoms with E-state index in [1.54, 1.807) is 18.2 Å². The van der Waals surface area contributed by atoms with Crippen LogP contribution in [0.5, 0.6) is 0 Å². The lowest BCUT2D eigenvalue weighted by molar-refractivity contribution is 0.102. The molecule has 98 valence electrons. The Hall–Kier alpha value is -2.46. The molecule has 5 heteroatoms. The van der Waals surface area contributed by atoms with Gasteiger partial charge in [-0.3, -0.25) is 4.79 Å². The molecule has 0 bridgehead atoms. The predicted octanol–water partition coefficient (Wildman–Crippen LogP) is 3.54. The first-order valence-corrected chi connectivity index (χ1v) is 6.40. The van der Waals surface area contributed by atoms with E-state index in [2.05, 4.69) is 15.5 Å². The quantitative estimate of drug-likeness (QED) is 0.783. The van der Waals surface area contributed by atoms with Crippen molar-refractivity contribution in [3.8, 4) is 0 Å². The van der Waals surface area contributed by atoms with Gasteiger partial charge in [-0.15, -0.1) is 10.2 Å². The third-order valence-corrected chi connectivity index (χ3v) is 3.11. The van der Waals surface area contributed by atoms with E-state index in [9.17, 15) is 4.79 Å². The van der Waals surface area contributed by atoms with Gasteiger partial charge < -0.3 is 5.32 Å². The zero-order valence-electron chi connectivity index (χ0n) is 10.4. The van der Waals surface area contributed by atoms with Crippen LogP contribution in [-0.2, 0) is 0 Å². The van der Waals surface area contributed by atoms with E-state index in [1.807, 2.05) is 36.4 Å². The molecule has 1 heterocycles. The lowest BCUT2D eigenvalue weighted by Crippen LogP contribution is -2.13. The van der Waals surface area contributed by atoms with Crippen LogP contribution in [0.4, 0.5) is 5.82 Å². The van der Waals surface area contributed by atoms with Gasteiger partial charge in [0.15, 0.2) is 11.0 Å². The maximum absolute atomic E-state index is 12.3. The van der Waals surface area contributed by atoms with Gasteiger partial charge in [0.1, 0.15) is 0 Å². The summed E-state index contributed by atoms with van der Waals surface area (Å²) in [5.41, 5.74) is 0.597. The van der Waals surface area contributed by atoms with Crippen molar-refractivity contribution in [1.29, 1.82) is 0 Å². The van der Waals surface area contributed by atoms with Crippen LogP contribution in [0.15, 0.2) is 54.6 Å². The number of nitrogens with zero attached hydrogens (tertiary/aromatic N) is 2. The molecule has 0 aliphatic carbocycles. The Morgan fingerprint density at radius 3 is 2.55 bits per heavy atom. The second-order valence-corrected chi connectivity index (χ2v) is 4.61. The lowest BCUT2D eigenvalue weighted by Gasteiger charge is -2.07. The number of halogens is 1. The maximum Gasteiger partial charge on any atom is 0.257 e. The van der Waals surface area contributed by atoms with Crippen molar-refractivity contribution < 1.29 is 4.79 Å². The van der Waals surface area contributed by atoms with Crippen LogP contribution >= 0.6 is 11.6 Å². The van der Waals surface area contributed by atoms with Gasteiger partial charge in [-0.1, -0.05) is 48.0 Å². The first-order valence-electron chi connectivity index (χ1n) is 6.02. The Morgan fingerprint density at radius 2 is 1.75 bits per heavy atom. The minimum absolute atomic E-state index is 0.224. The van der Waals surface area contributed by atoms with E-state index in [0.717, 1.165) is 10.8 Å². The molecule has 0 saturated heterocycles. The van der Waals surface area contributed by atoms with Crippen molar-refractivity contribution in [2.24, 2.45) is 0 Å². The fourth-order valence-corrected chi connectivity index (χ4v) is 2.09.